The maximum absolute atomic E-state index is 12.0. The minimum Gasteiger partial charge on any atom is -0.324 e. The molecule has 1 amide bonds. The summed E-state index contributed by atoms with van der Waals surface area (Å²) in [6, 6.07) is 17.0. The summed E-state index contributed by atoms with van der Waals surface area (Å²) in [5.74, 6) is -0.174. The molecule has 5 heteroatoms. The van der Waals surface area contributed by atoms with Crippen LogP contribution in [0.5, 0.6) is 0 Å². The van der Waals surface area contributed by atoms with Crippen molar-refractivity contribution in [2.75, 3.05) is 11.9 Å². The fourth-order valence-electron chi connectivity index (χ4n) is 2.00. The van der Waals surface area contributed by atoms with E-state index in [-0.39, 0.29) is 18.5 Å². The lowest BCUT2D eigenvalue weighted by Crippen LogP contribution is -2.30. The van der Waals surface area contributed by atoms with E-state index in [0.717, 1.165) is 10.0 Å². The highest BCUT2D eigenvalue weighted by molar-refractivity contribution is 9.10. The number of nitriles is 1. The summed E-state index contributed by atoms with van der Waals surface area (Å²) in [4.78, 5) is 12.0. The van der Waals surface area contributed by atoms with E-state index in [1.807, 2.05) is 31.2 Å². The molecule has 0 saturated carbocycles. The molecule has 2 rings (SSSR count). The fourth-order valence-corrected chi connectivity index (χ4v) is 2.26. The molecule has 0 aromatic heterocycles. The number of amides is 1. The van der Waals surface area contributed by atoms with Crippen molar-refractivity contribution in [1.29, 1.82) is 5.26 Å². The van der Waals surface area contributed by atoms with Crippen LogP contribution in [-0.2, 0) is 4.79 Å². The van der Waals surface area contributed by atoms with Gasteiger partial charge < -0.3 is 10.6 Å². The normalized spacial score (nSPS) is 11.5. The van der Waals surface area contributed by atoms with Crippen molar-refractivity contribution >= 4 is 27.5 Å². The Hall–Kier alpha value is -2.16. The van der Waals surface area contributed by atoms with Crippen LogP contribution in [0.15, 0.2) is 53.0 Å². The summed E-state index contributed by atoms with van der Waals surface area (Å²) in [7, 11) is 0. The second kappa shape index (κ2) is 7.74. The van der Waals surface area contributed by atoms with Crippen LogP contribution in [0.2, 0.25) is 0 Å². The van der Waals surface area contributed by atoms with Gasteiger partial charge in [0, 0.05) is 10.5 Å². The Balaban J connectivity index is 1.90. The van der Waals surface area contributed by atoms with E-state index in [1.165, 1.54) is 0 Å². The quantitative estimate of drug-likeness (QED) is 0.858. The van der Waals surface area contributed by atoms with Gasteiger partial charge in [0.25, 0.3) is 0 Å². The summed E-state index contributed by atoms with van der Waals surface area (Å²) in [6.07, 6.45) is 0. The Bertz CT molecular complexity index is 692. The molecule has 0 heterocycles. The Morgan fingerprint density at radius 3 is 2.59 bits per heavy atom. The van der Waals surface area contributed by atoms with Crippen LogP contribution in [0.25, 0.3) is 0 Å². The smallest absolute Gasteiger partial charge is 0.238 e. The number of benzene rings is 2. The third-order valence-electron chi connectivity index (χ3n) is 3.26. The van der Waals surface area contributed by atoms with Crippen LogP contribution >= 0.6 is 15.9 Å². The number of halogens is 1. The predicted molar refractivity (Wildman–Crippen MR) is 90.3 cm³/mol. The van der Waals surface area contributed by atoms with Crippen molar-refractivity contribution in [3.63, 3.8) is 0 Å². The van der Waals surface area contributed by atoms with E-state index < -0.39 is 0 Å². The molecule has 0 unspecified atom stereocenters. The minimum absolute atomic E-state index is 0.0602. The van der Waals surface area contributed by atoms with Gasteiger partial charge >= 0.3 is 0 Å². The van der Waals surface area contributed by atoms with Gasteiger partial charge in [-0.05, 0) is 36.8 Å². The molecule has 2 aromatic carbocycles. The number of carbonyl (C=O) groups is 1. The zero-order chi connectivity index (χ0) is 15.9. The Morgan fingerprint density at radius 2 is 1.91 bits per heavy atom. The number of nitrogens with zero attached hydrogens (tertiary/aromatic N) is 1. The lowest BCUT2D eigenvalue weighted by molar-refractivity contribution is -0.115. The Morgan fingerprint density at radius 1 is 1.23 bits per heavy atom. The molecule has 0 fully saturated rings. The average Bonchev–Trinajstić information content (AvgIpc) is 2.54. The first-order valence-corrected chi connectivity index (χ1v) is 7.67. The van der Waals surface area contributed by atoms with Crippen molar-refractivity contribution in [2.24, 2.45) is 0 Å². The van der Waals surface area contributed by atoms with Crippen LogP contribution in [0, 0.1) is 11.3 Å². The zero-order valence-electron chi connectivity index (χ0n) is 12.1. The molecule has 0 spiro atoms. The van der Waals surface area contributed by atoms with Gasteiger partial charge in [-0.3, -0.25) is 4.79 Å². The molecule has 0 aliphatic heterocycles. The SMILES string of the molecule is C[C@H](NCC(=O)Nc1ccccc1C#N)c1ccc(Br)cc1. The maximum Gasteiger partial charge on any atom is 0.238 e. The molecule has 2 N–H and O–H groups in total. The van der Waals surface area contributed by atoms with Crippen molar-refractivity contribution in [1.82, 2.24) is 5.32 Å². The molecule has 0 saturated heterocycles. The second-order valence-corrected chi connectivity index (χ2v) is 5.78. The monoisotopic (exact) mass is 357 g/mol. The van der Waals surface area contributed by atoms with Gasteiger partial charge in [0.15, 0.2) is 0 Å². The zero-order valence-corrected chi connectivity index (χ0v) is 13.7. The molecule has 2 aromatic rings. The standard InChI is InChI=1S/C17H16BrN3O/c1-12(13-6-8-15(18)9-7-13)20-11-17(22)21-16-5-3-2-4-14(16)10-19/h2-9,12,20H,11H2,1H3,(H,21,22)/t12-/m0/s1. The lowest BCUT2D eigenvalue weighted by atomic mass is 10.1. The molecule has 1 atom stereocenters. The largest absolute Gasteiger partial charge is 0.324 e. The highest BCUT2D eigenvalue weighted by Gasteiger charge is 2.09. The first-order valence-electron chi connectivity index (χ1n) is 6.88. The van der Waals surface area contributed by atoms with Crippen molar-refractivity contribution in [2.45, 2.75) is 13.0 Å². The molecular weight excluding hydrogens is 342 g/mol. The number of carbonyl (C=O) groups excluding carboxylic acids is 1. The average molecular weight is 358 g/mol. The molecule has 22 heavy (non-hydrogen) atoms. The summed E-state index contributed by atoms with van der Waals surface area (Å²) in [5.41, 5.74) is 2.10. The molecule has 4 nitrogen and oxygen atoms in total. The van der Waals surface area contributed by atoms with Gasteiger partial charge in [0.05, 0.1) is 17.8 Å². The van der Waals surface area contributed by atoms with E-state index in [2.05, 4.69) is 32.6 Å². The summed E-state index contributed by atoms with van der Waals surface area (Å²) < 4.78 is 1.02. The van der Waals surface area contributed by atoms with Gasteiger partial charge in [0.1, 0.15) is 6.07 Å². The number of nitrogens with one attached hydrogen (secondary N) is 2. The van der Waals surface area contributed by atoms with Gasteiger partial charge in [-0.1, -0.05) is 40.2 Å². The van der Waals surface area contributed by atoms with Crippen molar-refractivity contribution in [3.8, 4) is 6.07 Å². The molecule has 0 bridgehead atoms. The van der Waals surface area contributed by atoms with Gasteiger partial charge in [0.2, 0.25) is 5.91 Å². The molecule has 0 aliphatic carbocycles. The third-order valence-corrected chi connectivity index (χ3v) is 3.79. The number of hydrogen-bond acceptors (Lipinski definition) is 3. The number of para-hydroxylation sites is 1. The Labute approximate surface area is 138 Å². The van der Waals surface area contributed by atoms with E-state index in [4.69, 9.17) is 5.26 Å². The van der Waals surface area contributed by atoms with Gasteiger partial charge in [-0.2, -0.15) is 5.26 Å². The van der Waals surface area contributed by atoms with Gasteiger partial charge in [-0.25, -0.2) is 0 Å². The summed E-state index contributed by atoms with van der Waals surface area (Å²) >= 11 is 3.40. The second-order valence-electron chi connectivity index (χ2n) is 4.86. The van der Waals surface area contributed by atoms with Crippen LogP contribution < -0.4 is 10.6 Å². The highest BCUT2D eigenvalue weighted by atomic mass is 79.9. The van der Waals surface area contributed by atoms with Crippen LogP contribution in [0.3, 0.4) is 0 Å². The van der Waals surface area contributed by atoms with E-state index >= 15 is 0 Å². The number of rotatable bonds is 5. The molecule has 0 aliphatic rings. The first-order chi connectivity index (χ1) is 10.6. The van der Waals surface area contributed by atoms with Crippen molar-refractivity contribution < 1.29 is 4.79 Å². The number of anilines is 1. The molecule has 0 radical (unpaired) electrons. The minimum atomic E-state index is -0.174. The Kier molecular flexibility index (Phi) is 5.70. The van der Waals surface area contributed by atoms with Crippen molar-refractivity contribution in [3.05, 3.63) is 64.1 Å². The van der Waals surface area contributed by atoms with Gasteiger partial charge in [-0.15, -0.1) is 0 Å². The lowest BCUT2D eigenvalue weighted by Gasteiger charge is -2.14. The molecular formula is C17H16BrN3O. The van der Waals surface area contributed by atoms with Crippen LogP contribution in [-0.4, -0.2) is 12.5 Å². The topological polar surface area (TPSA) is 64.9 Å². The first kappa shape index (κ1) is 16.2. The number of hydrogen-bond donors (Lipinski definition) is 2. The third kappa shape index (κ3) is 4.42. The van der Waals surface area contributed by atoms with Crippen LogP contribution in [0.1, 0.15) is 24.1 Å². The summed E-state index contributed by atoms with van der Waals surface area (Å²) in [6.45, 7) is 2.18. The van der Waals surface area contributed by atoms with E-state index in [9.17, 15) is 4.79 Å². The maximum atomic E-state index is 12.0. The predicted octanol–water partition coefficient (Wildman–Crippen LogP) is 3.61. The fraction of sp³-hybridized carbons (Fsp3) is 0.176. The summed E-state index contributed by atoms with van der Waals surface area (Å²) in [5, 5.41) is 14.9. The molecule has 112 valence electrons. The van der Waals surface area contributed by atoms with E-state index in [0.29, 0.717) is 11.3 Å². The van der Waals surface area contributed by atoms with Crippen LogP contribution in [0.4, 0.5) is 5.69 Å². The highest BCUT2D eigenvalue weighted by Crippen LogP contribution is 2.16. The van der Waals surface area contributed by atoms with E-state index in [1.54, 1.807) is 24.3 Å².